The normalized spacial score (nSPS) is 12.2. The first-order valence-corrected chi connectivity index (χ1v) is 7.64. The predicted octanol–water partition coefficient (Wildman–Crippen LogP) is 3.63. The van der Waals surface area contributed by atoms with Crippen LogP contribution < -0.4 is 5.32 Å². The number of hydrogen-bond donors (Lipinski definition) is 2. The van der Waals surface area contributed by atoms with E-state index in [1.54, 1.807) is 6.07 Å². The first-order chi connectivity index (χ1) is 10.6. The fraction of sp³-hybridized carbons (Fsp3) is 0.316. The van der Waals surface area contributed by atoms with Gasteiger partial charge in [-0.1, -0.05) is 56.3 Å². The van der Waals surface area contributed by atoms with Crippen LogP contribution in [0.3, 0.4) is 0 Å². The van der Waals surface area contributed by atoms with Crippen LogP contribution in [-0.2, 0) is 17.8 Å². The number of carbonyl (C=O) groups is 1. The van der Waals surface area contributed by atoms with E-state index in [-0.39, 0.29) is 24.3 Å². The number of carbonyl (C=O) groups excluding carboxylic acids is 1. The summed E-state index contributed by atoms with van der Waals surface area (Å²) in [6, 6.07) is 17.4. The summed E-state index contributed by atoms with van der Waals surface area (Å²) >= 11 is 0. The van der Waals surface area contributed by atoms with Gasteiger partial charge in [-0.15, -0.1) is 0 Å². The lowest BCUT2D eigenvalue weighted by Crippen LogP contribution is -2.28. The Hall–Kier alpha value is -2.13. The molecule has 0 aromatic heterocycles. The molecule has 2 N–H and O–H groups in total. The van der Waals surface area contributed by atoms with Gasteiger partial charge in [-0.2, -0.15) is 0 Å². The smallest absolute Gasteiger partial charge is 0.228 e. The van der Waals surface area contributed by atoms with Crippen molar-refractivity contribution in [3.8, 4) is 0 Å². The summed E-state index contributed by atoms with van der Waals surface area (Å²) in [6.07, 6.45) is 0.726. The lowest BCUT2D eigenvalue weighted by molar-refractivity contribution is -0.121. The van der Waals surface area contributed by atoms with Crippen molar-refractivity contribution in [3.05, 3.63) is 65.7 Å². The third-order valence-electron chi connectivity index (χ3n) is 3.82. The second kappa shape index (κ2) is 7.76. The molecule has 1 atom stereocenters. The van der Waals surface area contributed by atoms with E-state index in [0.717, 1.165) is 17.7 Å². The molecule has 0 spiro atoms. The van der Waals surface area contributed by atoms with Crippen molar-refractivity contribution in [3.63, 3.8) is 0 Å². The van der Waals surface area contributed by atoms with Crippen molar-refractivity contribution in [1.82, 2.24) is 0 Å². The molecule has 0 aliphatic rings. The van der Waals surface area contributed by atoms with Crippen molar-refractivity contribution in [2.24, 2.45) is 11.8 Å². The average molecular weight is 297 g/mol. The van der Waals surface area contributed by atoms with Gasteiger partial charge in [-0.25, -0.2) is 0 Å². The van der Waals surface area contributed by atoms with Crippen LogP contribution in [-0.4, -0.2) is 11.0 Å². The highest BCUT2D eigenvalue weighted by molar-refractivity contribution is 5.92. The maximum atomic E-state index is 12.6. The molecule has 0 saturated heterocycles. The summed E-state index contributed by atoms with van der Waals surface area (Å²) in [5.41, 5.74) is 2.69. The second-order valence-electron chi connectivity index (χ2n) is 5.89. The Labute approximate surface area is 132 Å². The lowest BCUT2D eigenvalue weighted by atomic mass is 9.88. The zero-order chi connectivity index (χ0) is 15.9. The van der Waals surface area contributed by atoms with Crippen LogP contribution in [0.15, 0.2) is 54.6 Å². The predicted molar refractivity (Wildman–Crippen MR) is 89.5 cm³/mol. The highest BCUT2D eigenvalue weighted by Crippen LogP contribution is 2.20. The van der Waals surface area contributed by atoms with Gasteiger partial charge in [0.1, 0.15) is 0 Å². The largest absolute Gasteiger partial charge is 0.392 e. The zero-order valence-electron chi connectivity index (χ0n) is 13.1. The van der Waals surface area contributed by atoms with Crippen molar-refractivity contribution < 1.29 is 9.90 Å². The van der Waals surface area contributed by atoms with E-state index in [2.05, 4.69) is 31.3 Å². The van der Waals surface area contributed by atoms with E-state index >= 15 is 0 Å². The van der Waals surface area contributed by atoms with Gasteiger partial charge in [-0.05, 0) is 35.6 Å². The molecule has 0 radical (unpaired) electrons. The summed E-state index contributed by atoms with van der Waals surface area (Å²) in [5, 5.41) is 12.1. The molecule has 0 aliphatic carbocycles. The van der Waals surface area contributed by atoms with Gasteiger partial charge in [0.05, 0.1) is 6.61 Å². The van der Waals surface area contributed by atoms with Crippen molar-refractivity contribution in [2.75, 3.05) is 5.32 Å². The van der Waals surface area contributed by atoms with E-state index < -0.39 is 0 Å². The minimum absolute atomic E-state index is 0.0222. The van der Waals surface area contributed by atoms with Gasteiger partial charge in [-0.3, -0.25) is 4.79 Å². The minimum atomic E-state index is -0.0832. The summed E-state index contributed by atoms with van der Waals surface area (Å²) in [7, 11) is 0. The van der Waals surface area contributed by atoms with Gasteiger partial charge >= 0.3 is 0 Å². The van der Waals surface area contributed by atoms with Crippen molar-refractivity contribution in [2.45, 2.75) is 26.9 Å². The third kappa shape index (κ3) is 4.43. The first kappa shape index (κ1) is 16.2. The molecule has 22 heavy (non-hydrogen) atoms. The van der Waals surface area contributed by atoms with Crippen LogP contribution in [0.5, 0.6) is 0 Å². The standard InChI is InChI=1S/C19H23NO2/c1-14(2)18(12-15-7-4-3-5-8-15)19(22)20-17-10-6-9-16(11-17)13-21/h3-11,14,18,21H,12-13H2,1-2H3,(H,20,22). The number of rotatable bonds is 6. The molecule has 1 unspecified atom stereocenters. The second-order valence-corrected chi connectivity index (χ2v) is 5.89. The molecule has 0 aliphatic heterocycles. The Balaban J connectivity index is 2.09. The zero-order valence-corrected chi connectivity index (χ0v) is 13.1. The van der Waals surface area contributed by atoms with Gasteiger partial charge in [0, 0.05) is 11.6 Å². The van der Waals surface area contributed by atoms with Gasteiger partial charge < -0.3 is 10.4 Å². The van der Waals surface area contributed by atoms with Crippen LogP contribution in [0.4, 0.5) is 5.69 Å². The molecule has 0 fully saturated rings. The molecular weight excluding hydrogens is 274 g/mol. The Bertz CT molecular complexity index is 608. The molecule has 1 amide bonds. The lowest BCUT2D eigenvalue weighted by Gasteiger charge is -2.20. The van der Waals surface area contributed by atoms with Crippen LogP contribution in [0.25, 0.3) is 0 Å². The molecule has 0 bridgehead atoms. The molecule has 0 heterocycles. The molecule has 2 rings (SSSR count). The molecule has 2 aromatic rings. The van der Waals surface area contributed by atoms with E-state index in [1.807, 2.05) is 36.4 Å². The molecule has 0 saturated carbocycles. The maximum Gasteiger partial charge on any atom is 0.228 e. The first-order valence-electron chi connectivity index (χ1n) is 7.64. The van der Waals surface area contributed by atoms with Gasteiger partial charge in [0.2, 0.25) is 5.91 Å². The minimum Gasteiger partial charge on any atom is -0.392 e. The number of nitrogens with one attached hydrogen (secondary N) is 1. The summed E-state index contributed by atoms with van der Waals surface area (Å²) in [5.74, 6) is 0.190. The van der Waals surface area contributed by atoms with E-state index in [9.17, 15) is 9.90 Å². The average Bonchev–Trinajstić information content (AvgIpc) is 2.53. The Morgan fingerprint density at radius 2 is 1.73 bits per heavy atom. The molecular formula is C19H23NO2. The van der Waals surface area contributed by atoms with E-state index in [4.69, 9.17) is 0 Å². The highest BCUT2D eigenvalue weighted by Gasteiger charge is 2.22. The number of hydrogen-bond acceptors (Lipinski definition) is 2. The number of aliphatic hydroxyl groups excluding tert-OH is 1. The summed E-state index contributed by atoms with van der Waals surface area (Å²) in [4.78, 5) is 12.6. The van der Waals surface area contributed by atoms with Crippen LogP contribution >= 0.6 is 0 Å². The SMILES string of the molecule is CC(C)C(Cc1ccccc1)C(=O)Nc1cccc(CO)c1. The quantitative estimate of drug-likeness (QED) is 0.855. The van der Waals surface area contributed by atoms with Crippen LogP contribution in [0.1, 0.15) is 25.0 Å². The summed E-state index contributed by atoms with van der Waals surface area (Å²) < 4.78 is 0. The highest BCUT2D eigenvalue weighted by atomic mass is 16.3. The monoisotopic (exact) mass is 297 g/mol. The number of aliphatic hydroxyl groups is 1. The molecule has 116 valence electrons. The fourth-order valence-corrected chi connectivity index (χ4v) is 2.48. The van der Waals surface area contributed by atoms with Crippen molar-refractivity contribution in [1.29, 1.82) is 0 Å². The summed E-state index contributed by atoms with van der Waals surface area (Å²) in [6.45, 7) is 4.11. The van der Waals surface area contributed by atoms with Crippen LogP contribution in [0.2, 0.25) is 0 Å². The molecule has 2 aromatic carbocycles. The Morgan fingerprint density at radius 3 is 2.36 bits per heavy atom. The maximum absolute atomic E-state index is 12.6. The Kier molecular flexibility index (Phi) is 5.73. The third-order valence-corrected chi connectivity index (χ3v) is 3.82. The van der Waals surface area contributed by atoms with E-state index in [1.165, 1.54) is 5.56 Å². The van der Waals surface area contributed by atoms with Gasteiger partial charge in [0.25, 0.3) is 0 Å². The number of amides is 1. The fourth-order valence-electron chi connectivity index (χ4n) is 2.48. The van der Waals surface area contributed by atoms with Crippen LogP contribution in [0, 0.1) is 11.8 Å². The Morgan fingerprint density at radius 1 is 1.05 bits per heavy atom. The van der Waals surface area contributed by atoms with E-state index in [0.29, 0.717) is 0 Å². The topological polar surface area (TPSA) is 49.3 Å². The molecule has 3 nitrogen and oxygen atoms in total. The number of anilines is 1. The van der Waals surface area contributed by atoms with Crippen molar-refractivity contribution >= 4 is 11.6 Å². The molecule has 3 heteroatoms. The number of benzene rings is 2. The van der Waals surface area contributed by atoms with Gasteiger partial charge in [0.15, 0.2) is 0 Å².